The Morgan fingerprint density at radius 3 is 3.45 bits per heavy atom. The predicted octanol–water partition coefficient (Wildman–Crippen LogP) is 2.12. The second kappa shape index (κ2) is 3.17. The molecule has 62 valence electrons. The minimum absolute atomic E-state index is 0.249. The molecule has 2 nitrogen and oxygen atoms in total. The first-order valence-electron chi connectivity index (χ1n) is 3.95. The maximum absolute atomic E-state index is 5.46. The number of rotatable bonds is 1. The van der Waals surface area contributed by atoms with Crippen LogP contribution in [0.4, 0.5) is 0 Å². The summed E-state index contributed by atoms with van der Waals surface area (Å²) in [5, 5.41) is 2.12. The van der Waals surface area contributed by atoms with Gasteiger partial charge >= 0.3 is 0 Å². The molecule has 2 atom stereocenters. The quantitative estimate of drug-likeness (QED) is 0.564. The molecular weight excluding hydrogens is 160 g/mol. The van der Waals surface area contributed by atoms with Crippen LogP contribution in [-0.2, 0) is 8.92 Å². The van der Waals surface area contributed by atoms with Gasteiger partial charge in [0.2, 0.25) is 0 Å². The number of methoxy groups -OCH3 is 1. The molecule has 1 aliphatic heterocycles. The second-order valence-corrected chi connectivity index (χ2v) is 3.59. The molecule has 0 bridgehead atoms. The summed E-state index contributed by atoms with van der Waals surface area (Å²) < 4.78 is 10.8. The topological polar surface area (TPSA) is 18.5 Å². The smallest absolute Gasteiger partial charge is 0.121 e. The Morgan fingerprint density at radius 2 is 2.64 bits per heavy atom. The van der Waals surface area contributed by atoms with Crippen LogP contribution in [0.15, 0.2) is 11.0 Å². The summed E-state index contributed by atoms with van der Waals surface area (Å²) in [6.45, 7) is 0. The Kier molecular flexibility index (Phi) is 2.20. The lowest BCUT2D eigenvalue weighted by molar-refractivity contribution is 0.0128. The number of ether oxygens (including phenoxy) is 1. The lowest BCUT2D eigenvalue weighted by atomic mass is 9.91. The Bertz CT molecular complexity index is 179. The van der Waals surface area contributed by atoms with Crippen LogP contribution in [0.25, 0.3) is 0 Å². The third-order valence-corrected chi connectivity index (χ3v) is 3.04. The molecule has 0 spiro atoms. The molecular formula is C8H12O2S. The molecule has 1 saturated carbocycles. The summed E-state index contributed by atoms with van der Waals surface area (Å²) in [6, 6.07) is 0. The highest BCUT2D eigenvalue weighted by molar-refractivity contribution is 7.97. The lowest BCUT2D eigenvalue weighted by Crippen LogP contribution is -2.32. The van der Waals surface area contributed by atoms with E-state index in [1.807, 2.05) is 0 Å². The van der Waals surface area contributed by atoms with Crippen LogP contribution >= 0.6 is 12.0 Å². The fraction of sp³-hybridized carbons (Fsp3) is 0.750. The minimum atomic E-state index is 0.249. The van der Waals surface area contributed by atoms with E-state index in [-0.39, 0.29) is 6.10 Å². The monoisotopic (exact) mass is 172 g/mol. The van der Waals surface area contributed by atoms with Crippen molar-refractivity contribution < 1.29 is 8.92 Å². The van der Waals surface area contributed by atoms with Gasteiger partial charge in [-0.2, -0.15) is 0 Å². The van der Waals surface area contributed by atoms with Crippen molar-refractivity contribution in [1.29, 1.82) is 0 Å². The molecule has 3 heteroatoms. The molecule has 1 heterocycles. The van der Waals surface area contributed by atoms with E-state index in [1.54, 1.807) is 7.11 Å². The van der Waals surface area contributed by atoms with E-state index in [1.165, 1.54) is 30.5 Å². The normalized spacial score (nSPS) is 36.6. The van der Waals surface area contributed by atoms with Crippen LogP contribution in [-0.4, -0.2) is 19.3 Å². The van der Waals surface area contributed by atoms with Crippen molar-refractivity contribution >= 4 is 12.0 Å². The summed E-state index contributed by atoms with van der Waals surface area (Å²) in [7, 11) is 1.76. The summed E-state index contributed by atoms with van der Waals surface area (Å²) in [4.78, 5) is 0. The molecule has 1 fully saturated rings. The van der Waals surface area contributed by atoms with Gasteiger partial charge in [-0.15, -0.1) is 0 Å². The van der Waals surface area contributed by atoms with Crippen LogP contribution in [0.5, 0.6) is 0 Å². The highest BCUT2D eigenvalue weighted by Crippen LogP contribution is 2.37. The van der Waals surface area contributed by atoms with Gasteiger partial charge < -0.3 is 8.92 Å². The molecule has 2 rings (SSSR count). The standard InChI is InChI=1S/C8H12O2S/c1-9-7-4-2-3-6-5-11-10-8(6)7/h5,7-8H,2-4H2,1H3. The maximum Gasteiger partial charge on any atom is 0.121 e. The molecule has 0 N–H and O–H groups in total. The molecule has 0 saturated heterocycles. The van der Waals surface area contributed by atoms with Gasteiger partial charge in [-0.3, -0.25) is 0 Å². The van der Waals surface area contributed by atoms with Crippen molar-refractivity contribution in [2.75, 3.05) is 7.11 Å². The van der Waals surface area contributed by atoms with Gasteiger partial charge in [0.15, 0.2) is 0 Å². The summed E-state index contributed by atoms with van der Waals surface area (Å²) in [5.74, 6) is 0. The van der Waals surface area contributed by atoms with Crippen LogP contribution in [0, 0.1) is 0 Å². The Morgan fingerprint density at radius 1 is 1.73 bits per heavy atom. The fourth-order valence-corrected chi connectivity index (χ4v) is 2.48. The van der Waals surface area contributed by atoms with Gasteiger partial charge in [0, 0.05) is 24.6 Å². The Labute approximate surface area is 71.2 Å². The third kappa shape index (κ3) is 1.33. The second-order valence-electron chi connectivity index (χ2n) is 2.97. The maximum atomic E-state index is 5.46. The molecule has 0 aromatic heterocycles. The number of hydrogen-bond acceptors (Lipinski definition) is 3. The Hall–Kier alpha value is 0.01000. The highest BCUT2D eigenvalue weighted by Gasteiger charge is 2.33. The molecule has 2 aliphatic rings. The molecule has 0 aromatic rings. The van der Waals surface area contributed by atoms with Crippen molar-refractivity contribution in [2.45, 2.75) is 31.5 Å². The van der Waals surface area contributed by atoms with Crippen molar-refractivity contribution in [2.24, 2.45) is 0 Å². The van der Waals surface area contributed by atoms with E-state index in [0.29, 0.717) is 6.10 Å². The zero-order valence-electron chi connectivity index (χ0n) is 6.58. The molecule has 2 unspecified atom stereocenters. The van der Waals surface area contributed by atoms with Gasteiger partial charge in [0.25, 0.3) is 0 Å². The minimum Gasteiger partial charge on any atom is -0.378 e. The fourth-order valence-electron chi connectivity index (χ4n) is 1.68. The first kappa shape index (κ1) is 7.65. The molecule has 0 aromatic carbocycles. The predicted molar refractivity (Wildman–Crippen MR) is 45.2 cm³/mol. The largest absolute Gasteiger partial charge is 0.378 e. The van der Waals surface area contributed by atoms with E-state index in [0.717, 1.165) is 6.42 Å². The van der Waals surface area contributed by atoms with E-state index >= 15 is 0 Å². The van der Waals surface area contributed by atoms with Crippen LogP contribution < -0.4 is 0 Å². The number of fused-ring (bicyclic) bond motifs is 1. The van der Waals surface area contributed by atoms with Crippen LogP contribution in [0.1, 0.15) is 19.3 Å². The van der Waals surface area contributed by atoms with E-state index in [9.17, 15) is 0 Å². The summed E-state index contributed by atoms with van der Waals surface area (Å²) in [6.07, 6.45) is 4.12. The van der Waals surface area contributed by atoms with Gasteiger partial charge in [0.1, 0.15) is 6.10 Å². The van der Waals surface area contributed by atoms with E-state index in [2.05, 4.69) is 5.41 Å². The first-order chi connectivity index (χ1) is 5.42. The highest BCUT2D eigenvalue weighted by atomic mass is 32.2. The third-order valence-electron chi connectivity index (χ3n) is 2.32. The molecule has 0 amide bonds. The van der Waals surface area contributed by atoms with Gasteiger partial charge in [-0.25, -0.2) is 0 Å². The molecule has 0 radical (unpaired) electrons. The van der Waals surface area contributed by atoms with Crippen LogP contribution in [0.2, 0.25) is 0 Å². The van der Waals surface area contributed by atoms with Crippen LogP contribution in [0.3, 0.4) is 0 Å². The lowest BCUT2D eigenvalue weighted by Gasteiger charge is -2.27. The summed E-state index contributed by atoms with van der Waals surface area (Å²) in [5.41, 5.74) is 1.42. The van der Waals surface area contributed by atoms with Crippen molar-refractivity contribution in [1.82, 2.24) is 0 Å². The van der Waals surface area contributed by atoms with Gasteiger partial charge in [-0.05, 0) is 24.8 Å². The van der Waals surface area contributed by atoms with Crippen molar-refractivity contribution in [3.05, 3.63) is 11.0 Å². The Balaban J connectivity index is 2.09. The molecule has 1 aliphatic carbocycles. The molecule has 11 heavy (non-hydrogen) atoms. The van der Waals surface area contributed by atoms with Crippen molar-refractivity contribution in [3.63, 3.8) is 0 Å². The first-order valence-corrected chi connectivity index (χ1v) is 4.76. The zero-order chi connectivity index (χ0) is 7.68. The van der Waals surface area contributed by atoms with Gasteiger partial charge in [0.05, 0.1) is 6.10 Å². The van der Waals surface area contributed by atoms with E-state index < -0.39 is 0 Å². The van der Waals surface area contributed by atoms with E-state index in [4.69, 9.17) is 8.92 Å². The average Bonchev–Trinajstić information content (AvgIpc) is 2.50. The average molecular weight is 172 g/mol. The summed E-state index contributed by atoms with van der Waals surface area (Å²) >= 11 is 1.46. The SMILES string of the molecule is COC1CCCC2=CSOC21. The zero-order valence-corrected chi connectivity index (χ0v) is 7.39. The number of hydrogen-bond donors (Lipinski definition) is 0. The van der Waals surface area contributed by atoms with Crippen molar-refractivity contribution in [3.8, 4) is 0 Å². The van der Waals surface area contributed by atoms with Gasteiger partial charge in [-0.1, -0.05) is 0 Å².